The van der Waals surface area contributed by atoms with E-state index in [4.69, 9.17) is 10.8 Å². The van der Waals surface area contributed by atoms with Crippen LogP contribution in [0, 0.1) is 5.41 Å². The Morgan fingerprint density at radius 1 is 1.80 bits per heavy atom. The van der Waals surface area contributed by atoms with Gasteiger partial charge in [0.2, 0.25) is 0 Å². The summed E-state index contributed by atoms with van der Waals surface area (Å²) in [4.78, 5) is 15.0. The molecule has 0 aliphatic heterocycles. The molecule has 15 heavy (non-hydrogen) atoms. The molecule has 0 radical (unpaired) electrons. The number of nitrogens with two attached hydrogens (primary N) is 1. The molecule has 1 saturated carbocycles. The van der Waals surface area contributed by atoms with E-state index >= 15 is 0 Å². The summed E-state index contributed by atoms with van der Waals surface area (Å²) in [6.07, 6.45) is 1.13. The van der Waals surface area contributed by atoms with Crippen LogP contribution in [0.3, 0.4) is 0 Å². The monoisotopic (exact) mass is 226 g/mol. The molecule has 2 unspecified atom stereocenters. The summed E-state index contributed by atoms with van der Waals surface area (Å²) in [5.41, 5.74) is 6.28. The fraction of sp³-hybridized carbons (Fsp3) is 0.600. The molecule has 2 atom stereocenters. The molecule has 0 bridgehead atoms. The molecule has 0 amide bonds. The van der Waals surface area contributed by atoms with Crippen LogP contribution in [0.2, 0.25) is 0 Å². The standard InChI is InChI=1S/C10H14N2O2S/c1-10(2)3-5(10)8-12-6(4-15-8)7(11)9(13)14/h4-5,7H,3,11H2,1-2H3,(H,13,14). The van der Waals surface area contributed by atoms with Crippen LogP contribution < -0.4 is 5.73 Å². The third kappa shape index (κ3) is 1.89. The SMILES string of the molecule is CC1(C)CC1c1nc(C(N)C(=O)O)cs1. The minimum absolute atomic E-state index is 0.322. The lowest BCUT2D eigenvalue weighted by atomic mass is 10.1. The molecule has 82 valence electrons. The van der Waals surface area contributed by atoms with E-state index in [0.717, 1.165) is 11.4 Å². The van der Waals surface area contributed by atoms with E-state index < -0.39 is 12.0 Å². The molecule has 2 rings (SSSR count). The summed E-state index contributed by atoms with van der Waals surface area (Å²) in [6.45, 7) is 4.38. The zero-order valence-corrected chi connectivity index (χ0v) is 9.54. The molecule has 0 saturated heterocycles. The maximum Gasteiger partial charge on any atom is 0.326 e. The lowest BCUT2D eigenvalue weighted by Crippen LogP contribution is -2.20. The first kappa shape index (κ1) is 10.6. The van der Waals surface area contributed by atoms with Crippen molar-refractivity contribution in [1.82, 2.24) is 4.98 Å². The van der Waals surface area contributed by atoms with Crippen LogP contribution in [0.4, 0.5) is 0 Å². The predicted octanol–water partition coefficient (Wildman–Crippen LogP) is 1.74. The minimum Gasteiger partial charge on any atom is -0.480 e. The number of carbonyl (C=O) groups is 1. The van der Waals surface area contributed by atoms with Gasteiger partial charge in [-0.25, -0.2) is 4.98 Å². The Balaban J connectivity index is 2.15. The van der Waals surface area contributed by atoms with Crippen molar-refractivity contribution in [1.29, 1.82) is 0 Å². The van der Waals surface area contributed by atoms with Gasteiger partial charge >= 0.3 is 5.97 Å². The van der Waals surface area contributed by atoms with E-state index in [1.54, 1.807) is 5.38 Å². The number of hydrogen-bond donors (Lipinski definition) is 2. The number of aromatic nitrogens is 1. The van der Waals surface area contributed by atoms with E-state index in [1.165, 1.54) is 11.3 Å². The van der Waals surface area contributed by atoms with Gasteiger partial charge in [0, 0.05) is 11.3 Å². The maximum atomic E-state index is 10.7. The highest BCUT2D eigenvalue weighted by molar-refractivity contribution is 7.09. The second-order valence-electron chi connectivity index (χ2n) is 4.67. The van der Waals surface area contributed by atoms with Gasteiger partial charge in [-0.2, -0.15) is 0 Å². The van der Waals surface area contributed by atoms with Crippen LogP contribution in [0.25, 0.3) is 0 Å². The second kappa shape index (κ2) is 3.28. The van der Waals surface area contributed by atoms with Gasteiger partial charge < -0.3 is 10.8 Å². The summed E-state index contributed by atoms with van der Waals surface area (Å²) < 4.78 is 0. The molecule has 1 aliphatic carbocycles. The molecule has 4 nitrogen and oxygen atoms in total. The molecule has 5 heteroatoms. The van der Waals surface area contributed by atoms with E-state index in [0.29, 0.717) is 17.0 Å². The average Bonchev–Trinajstić information content (AvgIpc) is 2.64. The van der Waals surface area contributed by atoms with Crippen LogP contribution in [0.15, 0.2) is 5.38 Å². The summed E-state index contributed by atoms with van der Waals surface area (Å²) in [5, 5.41) is 11.5. The predicted molar refractivity (Wildman–Crippen MR) is 57.8 cm³/mol. The number of carboxylic acids is 1. The molecular formula is C10H14N2O2S. The number of hydrogen-bond acceptors (Lipinski definition) is 4. The fourth-order valence-electron chi connectivity index (χ4n) is 1.62. The maximum absolute atomic E-state index is 10.7. The number of thiazole rings is 1. The van der Waals surface area contributed by atoms with E-state index in [2.05, 4.69) is 18.8 Å². The molecule has 0 aromatic carbocycles. The smallest absolute Gasteiger partial charge is 0.326 e. The number of aliphatic carboxylic acids is 1. The molecule has 1 aromatic rings. The highest BCUT2D eigenvalue weighted by Crippen LogP contribution is 2.59. The third-order valence-corrected chi connectivity index (χ3v) is 3.91. The lowest BCUT2D eigenvalue weighted by Gasteiger charge is -2.01. The van der Waals surface area contributed by atoms with Crippen molar-refractivity contribution in [2.24, 2.45) is 11.1 Å². The zero-order valence-electron chi connectivity index (χ0n) is 8.73. The van der Waals surface area contributed by atoms with Gasteiger partial charge in [0.15, 0.2) is 0 Å². The molecule has 1 aliphatic rings. The first-order valence-electron chi connectivity index (χ1n) is 4.85. The van der Waals surface area contributed by atoms with Crippen LogP contribution in [0.5, 0.6) is 0 Å². The zero-order chi connectivity index (χ0) is 11.2. The van der Waals surface area contributed by atoms with Crippen molar-refractivity contribution in [3.63, 3.8) is 0 Å². The Kier molecular flexibility index (Phi) is 2.31. The van der Waals surface area contributed by atoms with Gasteiger partial charge in [0.25, 0.3) is 0 Å². The number of rotatable bonds is 3. The van der Waals surface area contributed by atoms with Crippen molar-refractivity contribution < 1.29 is 9.90 Å². The van der Waals surface area contributed by atoms with Crippen LogP contribution >= 0.6 is 11.3 Å². The molecule has 1 fully saturated rings. The molecular weight excluding hydrogens is 212 g/mol. The van der Waals surface area contributed by atoms with Crippen molar-refractivity contribution in [3.05, 3.63) is 16.1 Å². The van der Waals surface area contributed by atoms with Crippen LogP contribution in [-0.4, -0.2) is 16.1 Å². The molecule has 1 aromatic heterocycles. The Labute approximate surface area is 92.1 Å². The second-order valence-corrected chi connectivity index (χ2v) is 5.56. The van der Waals surface area contributed by atoms with Gasteiger partial charge in [0.05, 0.1) is 10.7 Å². The summed E-state index contributed by atoms with van der Waals surface area (Å²) in [5.74, 6) is -0.542. The normalized spacial score (nSPS) is 24.9. The lowest BCUT2D eigenvalue weighted by molar-refractivity contribution is -0.138. The van der Waals surface area contributed by atoms with Crippen LogP contribution in [-0.2, 0) is 4.79 Å². The van der Waals surface area contributed by atoms with Crippen molar-refractivity contribution in [2.75, 3.05) is 0 Å². The van der Waals surface area contributed by atoms with Crippen molar-refractivity contribution in [2.45, 2.75) is 32.2 Å². The third-order valence-electron chi connectivity index (χ3n) is 2.94. The topological polar surface area (TPSA) is 76.2 Å². The van der Waals surface area contributed by atoms with E-state index in [1.807, 2.05) is 0 Å². The van der Waals surface area contributed by atoms with Gasteiger partial charge in [-0.15, -0.1) is 11.3 Å². The Morgan fingerprint density at radius 3 is 2.87 bits per heavy atom. The van der Waals surface area contributed by atoms with Crippen LogP contribution in [0.1, 0.15) is 42.9 Å². The Hall–Kier alpha value is -0.940. The highest BCUT2D eigenvalue weighted by Gasteiger charge is 2.48. The average molecular weight is 226 g/mol. The summed E-state index contributed by atoms with van der Waals surface area (Å²) in [6, 6.07) is -0.989. The van der Waals surface area contributed by atoms with Crippen molar-refractivity contribution >= 4 is 17.3 Å². The first-order chi connectivity index (χ1) is 6.92. The van der Waals surface area contributed by atoms with Gasteiger partial charge in [-0.05, 0) is 11.8 Å². The van der Waals surface area contributed by atoms with Crippen molar-refractivity contribution in [3.8, 4) is 0 Å². The summed E-state index contributed by atoms with van der Waals surface area (Å²) in [7, 11) is 0. The van der Waals surface area contributed by atoms with E-state index in [-0.39, 0.29) is 0 Å². The first-order valence-corrected chi connectivity index (χ1v) is 5.73. The Morgan fingerprint density at radius 2 is 2.40 bits per heavy atom. The largest absolute Gasteiger partial charge is 0.480 e. The summed E-state index contributed by atoms with van der Waals surface area (Å²) >= 11 is 1.51. The fourth-order valence-corrected chi connectivity index (χ4v) is 2.78. The number of nitrogens with zero attached hydrogens (tertiary/aromatic N) is 1. The molecule has 1 heterocycles. The minimum atomic E-state index is -1.03. The number of carboxylic acid groups (broad SMARTS) is 1. The molecule has 0 spiro atoms. The Bertz CT molecular complexity index is 400. The highest BCUT2D eigenvalue weighted by atomic mass is 32.1. The van der Waals surface area contributed by atoms with Gasteiger partial charge in [-0.3, -0.25) is 4.79 Å². The van der Waals surface area contributed by atoms with Gasteiger partial charge in [0.1, 0.15) is 6.04 Å². The molecule has 3 N–H and O–H groups in total. The van der Waals surface area contributed by atoms with Gasteiger partial charge in [-0.1, -0.05) is 13.8 Å². The quantitative estimate of drug-likeness (QED) is 0.823. The van der Waals surface area contributed by atoms with E-state index in [9.17, 15) is 4.79 Å².